The molecule has 1 aromatic carbocycles. The number of likely N-dealkylation sites (tertiary alicyclic amines) is 1. The normalized spacial score (nSPS) is 35.6. The average Bonchev–Trinajstić information content (AvgIpc) is 3.25. The Balaban J connectivity index is 1.79. The minimum atomic E-state index is 0.00665. The zero-order valence-corrected chi connectivity index (χ0v) is 12.8. The first kappa shape index (κ1) is 13.3. The van der Waals surface area contributed by atoms with Gasteiger partial charge in [-0.1, -0.05) is 13.8 Å². The van der Waals surface area contributed by atoms with E-state index in [1.165, 1.54) is 12.8 Å². The predicted molar refractivity (Wildman–Crippen MR) is 81.7 cm³/mol. The van der Waals surface area contributed by atoms with Crippen molar-refractivity contribution in [1.29, 1.82) is 0 Å². The molecule has 1 unspecified atom stereocenters. The van der Waals surface area contributed by atoms with E-state index in [1.54, 1.807) is 6.07 Å². The Hall–Kier alpha value is -1.35. The first-order chi connectivity index (χ1) is 10.0. The maximum atomic E-state index is 13.0. The number of phenols is 1. The molecule has 3 heteroatoms. The Morgan fingerprint density at radius 1 is 1.38 bits per heavy atom. The second-order valence-corrected chi connectivity index (χ2v) is 7.43. The molecule has 1 aliphatic heterocycles. The van der Waals surface area contributed by atoms with E-state index in [4.69, 9.17) is 0 Å². The summed E-state index contributed by atoms with van der Waals surface area (Å²) in [6, 6.07) is 5.32. The van der Waals surface area contributed by atoms with Crippen LogP contribution in [0.25, 0.3) is 0 Å². The Kier molecular flexibility index (Phi) is 2.74. The number of phenolic OH excluding ortho intramolecular Hbond substituents is 1. The second-order valence-electron chi connectivity index (χ2n) is 7.43. The summed E-state index contributed by atoms with van der Waals surface area (Å²) >= 11 is 0. The number of benzene rings is 1. The third-order valence-corrected chi connectivity index (χ3v) is 6.13. The third kappa shape index (κ3) is 1.87. The van der Waals surface area contributed by atoms with Crippen LogP contribution < -0.4 is 0 Å². The highest BCUT2D eigenvalue weighted by molar-refractivity contribution is 6.03. The van der Waals surface area contributed by atoms with Gasteiger partial charge in [0.1, 0.15) is 5.75 Å². The van der Waals surface area contributed by atoms with Crippen LogP contribution in [-0.4, -0.2) is 34.9 Å². The van der Waals surface area contributed by atoms with Gasteiger partial charge in [0.25, 0.3) is 0 Å². The fourth-order valence-corrected chi connectivity index (χ4v) is 4.40. The molecule has 21 heavy (non-hydrogen) atoms. The quantitative estimate of drug-likeness (QED) is 0.908. The lowest BCUT2D eigenvalue weighted by molar-refractivity contribution is 0.0265. The maximum absolute atomic E-state index is 13.0. The van der Waals surface area contributed by atoms with Crippen molar-refractivity contribution in [3.63, 3.8) is 0 Å². The molecule has 2 fully saturated rings. The van der Waals surface area contributed by atoms with E-state index in [0.29, 0.717) is 5.92 Å². The van der Waals surface area contributed by atoms with Gasteiger partial charge in [0.2, 0.25) is 0 Å². The Labute approximate surface area is 126 Å². The molecule has 3 atom stereocenters. The molecule has 1 heterocycles. The molecule has 0 amide bonds. The molecule has 1 saturated carbocycles. The predicted octanol–water partition coefficient (Wildman–Crippen LogP) is 2.97. The lowest BCUT2D eigenvalue weighted by Crippen LogP contribution is -2.61. The number of piperidine rings is 1. The number of rotatable bonds is 2. The van der Waals surface area contributed by atoms with Crippen molar-refractivity contribution < 1.29 is 9.90 Å². The van der Waals surface area contributed by atoms with Gasteiger partial charge < -0.3 is 5.11 Å². The first-order valence-electron chi connectivity index (χ1n) is 8.12. The summed E-state index contributed by atoms with van der Waals surface area (Å²) in [5, 5.41) is 9.83. The van der Waals surface area contributed by atoms with E-state index in [0.717, 1.165) is 36.6 Å². The molecule has 4 rings (SSSR count). The standard InChI is InChI=1S/C18H23NO2/c1-11-16-17(21)14-6-5-13(20)9-15(14)18(11,2)7-8-19(16)10-12-3-4-12/h5-6,9,11-12,16,20H,3-4,7-8,10H2,1-2H3/t11?,16-,18-/m1/s1. The van der Waals surface area contributed by atoms with Gasteiger partial charge in [-0.25, -0.2) is 0 Å². The first-order valence-corrected chi connectivity index (χ1v) is 8.12. The second kappa shape index (κ2) is 4.33. The lowest BCUT2D eigenvalue weighted by atomic mass is 9.58. The molecule has 0 spiro atoms. The van der Waals surface area contributed by atoms with Crippen LogP contribution in [0.3, 0.4) is 0 Å². The molecule has 0 aromatic heterocycles. The molecule has 3 aliphatic rings. The summed E-state index contributed by atoms with van der Waals surface area (Å²) in [4.78, 5) is 15.4. The Bertz CT molecular complexity index is 607. The number of hydrogen-bond acceptors (Lipinski definition) is 3. The number of ketones is 1. The van der Waals surface area contributed by atoms with Crippen molar-refractivity contribution in [3.05, 3.63) is 29.3 Å². The fraction of sp³-hybridized carbons (Fsp3) is 0.611. The van der Waals surface area contributed by atoms with Gasteiger partial charge in [0.05, 0.1) is 6.04 Å². The number of Topliss-reactive ketones (excluding diaryl/α,β-unsaturated/α-hetero) is 1. The number of nitrogens with zero attached hydrogens (tertiary/aromatic N) is 1. The number of carbonyl (C=O) groups is 1. The van der Waals surface area contributed by atoms with Crippen molar-refractivity contribution >= 4 is 5.78 Å². The summed E-state index contributed by atoms with van der Waals surface area (Å²) < 4.78 is 0. The lowest BCUT2D eigenvalue weighted by Gasteiger charge is -2.53. The highest BCUT2D eigenvalue weighted by Gasteiger charge is 2.52. The molecule has 112 valence electrons. The van der Waals surface area contributed by atoms with Crippen molar-refractivity contribution in [2.24, 2.45) is 11.8 Å². The van der Waals surface area contributed by atoms with E-state index >= 15 is 0 Å². The summed E-state index contributed by atoms with van der Waals surface area (Å²) in [5.74, 6) is 1.66. The van der Waals surface area contributed by atoms with Crippen molar-refractivity contribution in [2.45, 2.75) is 44.6 Å². The highest BCUT2D eigenvalue weighted by atomic mass is 16.3. The summed E-state index contributed by atoms with van der Waals surface area (Å²) in [6.07, 6.45) is 3.72. The SMILES string of the molecule is CC1[C@@H]2C(=O)c3ccc(O)cc3[C@]1(C)CCN2CC1CC1. The fourth-order valence-electron chi connectivity index (χ4n) is 4.40. The van der Waals surface area contributed by atoms with Crippen LogP contribution >= 0.6 is 0 Å². The van der Waals surface area contributed by atoms with Crippen molar-refractivity contribution in [3.8, 4) is 5.75 Å². The minimum Gasteiger partial charge on any atom is -0.508 e. The van der Waals surface area contributed by atoms with Crippen LogP contribution in [0.15, 0.2) is 18.2 Å². The van der Waals surface area contributed by atoms with Gasteiger partial charge in [-0.2, -0.15) is 0 Å². The highest BCUT2D eigenvalue weighted by Crippen LogP contribution is 2.49. The van der Waals surface area contributed by atoms with Crippen LogP contribution in [0.4, 0.5) is 0 Å². The molecule has 0 radical (unpaired) electrons. The van der Waals surface area contributed by atoms with E-state index < -0.39 is 0 Å². The van der Waals surface area contributed by atoms with E-state index in [9.17, 15) is 9.90 Å². The van der Waals surface area contributed by atoms with Gasteiger partial charge >= 0.3 is 0 Å². The van der Waals surface area contributed by atoms with Gasteiger partial charge in [-0.05, 0) is 66.8 Å². The summed E-state index contributed by atoms with van der Waals surface area (Å²) in [6.45, 7) is 6.57. The van der Waals surface area contributed by atoms with Crippen LogP contribution in [-0.2, 0) is 5.41 Å². The Morgan fingerprint density at radius 3 is 2.86 bits per heavy atom. The molecule has 1 saturated heterocycles. The molecular formula is C18H23NO2. The largest absolute Gasteiger partial charge is 0.508 e. The third-order valence-electron chi connectivity index (χ3n) is 6.13. The van der Waals surface area contributed by atoms with Gasteiger partial charge in [0.15, 0.2) is 5.78 Å². The monoisotopic (exact) mass is 285 g/mol. The van der Waals surface area contributed by atoms with Crippen molar-refractivity contribution in [2.75, 3.05) is 13.1 Å². The maximum Gasteiger partial charge on any atom is 0.180 e. The van der Waals surface area contributed by atoms with Crippen LogP contribution in [0.1, 0.15) is 49.0 Å². The van der Waals surface area contributed by atoms with Gasteiger partial charge in [0, 0.05) is 12.1 Å². The number of aromatic hydroxyl groups is 1. The van der Waals surface area contributed by atoms with E-state index in [2.05, 4.69) is 18.7 Å². The van der Waals surface area contributed by atoms with E-state index in [1.807, 2.05) is 12.1 Å². The number of fused-ring (bicyclic) bond motifs is 4. The Morgan fingerprint density at radius 2 is 2.14 bits per heavy atom. The number of hydrogen-bond donors (Lipinski definition) is 1. The van der Waals surface area contributed by atoms with E-state index in [-0.39, 0.29) is 23.0 Å². The molecular weight excluding hydrogens is 262 g/mol. The minimum absolute atomic E-state index is 0.00665. The zero-order valence-electron chi connectivity index (χ0n) is 12.8. The average molecular weight is 285 g/mol. The number of carbonyl (C=O) groups excluding carboxylic acids is 1. The molecule has 2 bridgehead atoms. The topological polar surface area (TPSA) is 40.5 Å². The van der Waals surface area contributed by atoms with Crippen molar-refractivity contribution in [1.82, 2.24) is 4.90 Å². The smallest absolute Gasteiger partial charge is 0.180 e. The zero-order chi connectivity index (χ0) is 14.8. The van der Waals surface area contributed by atoms with Crippen LogP contribution in [0.5, 0.6) is 5.75 Å². The summed E-state index contributed by atoms with van der Waals surface area (Å²) in [7, 11) is 0. The molecule has 1 N–H and O–H groups in total. The van der Waals surface area contributed by atoms with Crippen LogP contribution in [0, 0.1) is 11.8 Å². The summed E-state index contributed by atoms with van der Waals surface area (Å²) in [5.41, 5.74) is 1.90. The van der Waals surface area contributed by atoms with Crippen LogP contribution in [0.2, 0.25) is 0 Å². The molecule has 2 aliphatic carbocycles. The molecule has 1 aromatic rings. The molecule has 3 nitrogen and oxygen atoms in total. The van der Waals surface area contributed by atoms with Gasteiger partial charge in [-0.15, -0.1) is 0 Å². The van der Waals surface area contributed by atoms with Gasteiger partial charge in [-0.3, -0.25) is 9.69 Å².